The first-order valence-corrected chi connectivity index (χ1v) is 11.0. The van der Waals surface area contributed by atoms with Crippen molar-refractivity contribution in [3.8, 4) is 0 Å². The zero-order valence-electron chi connectivity index (χ0n) is 15.0. The molecule has 140 valence electrons. The summed E-state index contributed by atoms with van der Waals surface area (Å²) < 4.78 is 34.1. The van der Waals surface area contributed by atoms with Crippen molar-refractivity contribution in [2.45, 2.75) is 49.5 Å². The lowest BCUT2D eigenvalue weighted by Gasteiger charge is -2.26. The van der Waals surface area contributed by atoms with E-state index in [1.165, 1.54) is 17.5 Å². The molecule has 1 aromatic heterocycles. The zero-order chi connectivity index (χ0) is 18.0. The fourth-order valence-electron chi connectivity index (χ4n) is 4.09. The molecule has 0 spiro atoms. The molecule has 0 radical (unpaired) electrons. The van der Waals surface area contributed by atoms with Gasteiger partial charge in [-0.05, 0) is 87.0 Å². The van der Waals surface area contributed by atoms with Crippen LogP contribution in [0.5, 0.6) is 0 Å². The number of aryl methyl sites for hydroxylation is 2. The number of nitrogens with one attached hydrogen (secondary N) is 1. The van der Waals surface area contributed by atoms with Crippen LogP contribution in [0.2, 0.25) is 0 Å². The van der Waals surface area contributed by atoms with Crippen molar-refractivity contribution in [3.63, 3.8) is 0 Å². The number of nitrogens with zero attached hydrogens (tertiary/aromatic N) is 1. The zero-order valence-corrected chi connectivity index (χ0v) is 15.8. The molecule has 1 aliphatic carbocycles. The maximum absolute atomic E-state index is 12.8. The number of hydrogen-bond donors (Lipinski definition) is 1. The summed E-state index contributed by atoms with van der Waals surface area (Å²) in [5.74, 6) is 0.819. The number of sulfonamides is 1. The highest BCUT2D eigenvalue weighted by atomic mass is 32.2. The molecule has 1 atom stereocenters. The normalized spacial score (nSPS) is 19.4. The minimum Gasteiger partial charge on any atom is -0.468 e. The molecule has 4 rings (SSSR count). The molecule has 26 heavy (non-hydrogen) atoms. The first kappa shape index (κ1) is 17.8. The molecule has 5 nitrogen and oxygen atoms in total. The first-order valence-electron chi connectivity index (χ1n) is 9.52. The highest BCUT2D eigenvalue weighted by Crippen LogP contribution is 2.27. The third-order valence-electron chi connectivity index (χ3n) is 5.55. The second kappa shape index (κ2) is 7.55. The average Bonchev–Trinajstić information content (AvgIpc) is 3.36. The van der Waals surface area contributed by atoms with Gasteiger partial charge in [-0.25, -0.2) is 13.1 Å². The predicted octanol–water partition coefficient (Wildman–Crippen LogP) is 3.27. The number of furan rings is 1. The van der Waals surface area contributed by atoms with E-state index >= 15 is 0 Å². The van der Waals surface area contributed by atoms with E-state index in [1.807, 2.05) is 24.3 Å². The van der Waals surface area contributed by atoms with Crippen molar-refractivity contribution >= 4 is 10.0 Å². The van der Waals surface area contributed by atoms with Crippen molar-refractivity contribution in [2.24, 2.45) is 0 Å². The van der Waals surface area contributed by atoms with Gasteiger partial charge >= 0.3 is 0 Å². The van der Waals surface area contributed by atoms with Gasteiger partial charge in [-0.2, -0.15) is 0 Å². The standard InChI is InChI=1S/C20H26N2O3S/c23-26(24,18-10-9-16-6-1-2-7-17(16)14-18)21-15-19(20-8-5-13-25-20)22-11-3-4-12-22/h5,8-10,13-14,19,21H,1-4,6-7,11-12,15H2. The Morgan fingerprint density at radius 3 is 2.54 bits per heavy atom. The van der Waals surface area contributed by atoms with E-state index in [9.17, 15) is 8.42 Å². The Labute approximate surface area is 155 Å². The van der Waals surface area contributed by atoms with Gasteiger partial charge in [-0.3, -0.25) is 4.90 Å². The SMILES string of the molecule is O=S(=O)(NCC(c1ccco1)N1CCCC1)c1ccc2c(c1)CCCC2. The number of likely N-dealkylation sites (tertiary alicyclic amines) is 1. The Morgan fingerprint density at radius 2 is 1.81 bits per heavy atom. The van der Waals surface area contributed by atoms with E-state index in [1.54, 1.807) is 12.3 Å². The minimum absolute atomic E-state index is 0.0556. The minimum atomic E-state index is -3.53. The lowest BCUT2D eigenvalue weighted by atomic mass is 9.92. The van der Waals surface area contributed by atoms with Crippen LogP contribution in [0, 0.1) is 0 Å². The summed E-state index contributed by atoms with van der Waals surface area (Å²) in [6.45, 7) is 2.28. The molecule has 1 saturated heterocycles. The second-order valence-electron chi connectivity index (χ2n) is 7.26. The lowest BCUT2D eigenvalue weighted by Crippen LogP contribution is -2.36. The average molecular weight is 375 g/mol. The number of hydrogen-bond acceptors (Lipinski definition) is 4. The molecule has 0 saturated carbocycles. The summed E-state index contributed by atoms with van der Waals surface area (Å²) in [6.07, 6.45) is 8.30. The smallest absolute Gasteiger partial charge is 0.240 e. The number of rotatable bonds is 6. The van der Waals surface area contributed by atoms with Gasteiger partial charge in [0.05, 0.1) is 17.2 Å². The van der Waals surface area contributed by atoms with Crippen LogP contribution in [0.3, 0.4) is 0 Å². The van der Waals surface area contributed by atoms with Crippen LogP contribution in [0.15, 0.2) is 45.9 Å². The first-order chi connectivity index (χ1) is 12.6. The summed E-state index contributed by atoms with van der Waals surface area (Å²) in [4.78, 5) is 2.67. The van der Waals surface area contributed by atoms with Gasteiger partial charge in [0.2, 0.25) is 10.0 Å². The van der Waals surface area contributed by atoms with Crippen molar-refractivity contribution in [3.05, 3.63) is 53.5 Å². The highest BCUT2D eigenvalue weighted by molar-refractivity contribution is 7.89. The highest BCUT2D eigenvalue weighted by Gasteiger charge is 2.27. The van der Waals surface area contributed by atoms with Crippen LogP contribution in [0.1, 0.15) is 48.6 Å². The fourth-order valence-corrected chi connectivity index (χ4v) is 5.18. The molecule has 1 N–H and O–H groups in total. The summed E-state index contributed by atoms with van der Waals surface area (Å²) >= 11 is 0. The topological polar surface area (TPSA) is 62.6 Å². The number of fused-ring (bicyclic) bond motifs is 1. The molecular formula is C20H26N2O3S. The third kappa shape index (κ3) is 3.72. The maximum Gasteiger partial charge on any atom is 0.240 e. The summed E-state index contributed by atoms with van der Waals surface area (Å²) in [7, 11) is -3.53. The van der Waals surface area contributed by atoms with E-state index in [4.69, 9.17) is 4.42 Å². The summed E-state index contributed by atoms with van der Waals surface area (Å²) in [5.41, 5.74) is 2.47. The molecule has 2 aromatic rings. The van der Waals surface area contributed by atoms with Gasteiger partial charge in [0, 0.05) is 6.54 Å². The van der Waals surface area contributed by atoms with Crippen molar-refractivity contribution in [2.75, 3.05) is 19.6 Å². The molecule has 0 bridgehead atoms. The molecule has 1 aromatic carbocycles. The van der Waals surface area contributed by atoms with E-state index in [0.29, 0.717) is 11.4 Å². The van der Waals surface area contributed by atoms with E-state index in [0.717, 1.165) is 51.0 Å². The van der Waals surface area contributed by atoms with E-state index in [2.05, 4.69) is 9.62 Å². The van der Waals surface area contributed by atoms with Crippen LogP contribution in [0.4, 0.5) is 0 Å². The van der Waals surface area contributed by atoms with Gasteiger partial charge in [-0.15, -0.1) is 0 Å². The van der Waals surface area contributed by atoms with Gasteiger partial charge in [0.1, 0.15) is 5.76 Å². The van der Waals surface area contributed by atoms with Crippen LogP contribution < -0.4 is 4.72 Å². The molecule has 6 heteroatoms. The maximum atomic E-state index is 12.8. The van der Waals surface area contributed by atoms with Crippen molar-refractivity contribution in [1.29, 1.82) is 0 Å². The molecular weight excluding hydrogens is 348 g/mol. The molecule has 1 unspecified atom stereocenters. The second-order valence-corrected chi connectivity index (χ2v) is 9.03. The molecule has 0 amide bonds. The van der Waals surface area contributed by atoms with Crippen molar-refractivity contribution in [1.82, 2.24) is 9.62 Å². The summed E-state index contributed by atoms with van der Waals surface area (Å²) in [5, 5.41) is 0. The molecule has 1 fully saturated rings. The van der Waals surface area contributed by atoms with Crippen LogP contribution in [-0.2, 0) is 22.9 Å². The van der Waals surface area contributed by atoms with E-state index < -0.39 is 10.0 Å². The Balaban J connectivity index is 1.51. The summed E-state index contributed by atoms with van der Waals surface area (Å²) in [6, 6.07) is 9.30. The Morgan fingerprint density at radius 1 is 1.04 bits per heavy atom. The van der Waals surface area contributed by atoms with Crippen LogP contribution in [0.25, 0.3) is 0 Å². The fraction of sp³-hybridized carbons (Fsp3) is 0.500. The van der Waals surface area contributed by atoms with Gasteiger partial charge in [0.15, 0.2) is 0 Å². The monoisotopic (exact) mass is 374 g/mol. The Kier molecular flexibility index (Phi) is 5.16. The molecule has 1 aliphatic heterocycles. The molecule has 2 heterocycles. The van der Waals surface area contributed by atoms with Crippen molar-refractivity contribution < 1.29 is 12.8 Å². The van der Waals surface area contributed by atoms with Gasteiger partial charge in [0.25, 0.3) is 0 Å². The quantitative estimate of drug-likeness (QED) is 0.843. The van der Waals surface area contributed by atoms with Crippen LogP contribution in [-0.4, -0.2) is 33.0 Å². The molecule has 2 aliphatic rings. The third-order valence-corrected chi connectivity index (χ3v) is 6.97. The lowest BCUT2D eigenvalue weighted by molar-refractivity contribution is 0.216. The van der Waals surface area contributed by atoms with Gasteiger partial charge in [-0.1, -0.05) is 6.07 Å². The Bertz CT molecular complexity index is 840. The van der Waals surface area contributed by atoms with Gasteiger partial charge < -0.3 is 4.42 Å². The number of benzene rings is 1. The van der Waals surface area contributed by atoms with E-state index in [-0.39, 0.29) is 6.04 Å². The predicted molar refractivity (Wildman–Crippen MR) is 101 cm³/mol. The Hall–Kier alpha value is -1.63. The largest absolute Gasteiger partial charge is 0.468 e. The van der Waals surface area contributed by atoms with Crippen LogP contribution >= 0.6 is 0 Å².